The number of nitrogens with zero attached hydrogens (tertiary/aromatic N) is 4. The topological polar surface area (TPSA) is 52.4 Å². The Labute approximate surface area is 212 Å². The van der Waals surface area contributed by atoms with Gasteiger partial charge in [-0.05, 0) is 48.6 Å². The van der Waals surface area contributed by atoms with Crippen molar-refractivity contribution in [1.82, 2.24) is 19.7 Å². The maximum absolute atomic E-state index is 6.13. The predicted octanol–water partition coefficient (Wildman–Crippen LogP) is 5.74. The highest BCUT2D eigenvalue weighted by Gasteiger charge is 2.34. The first kappa shape index (κ1) is 23.0. The fourth-order valence-electron chi connectivity index (χ4n) is 5.31. The monoisotopic (exact) mass is 480 g/mol. The van der Waals surface area contributed by atoms with Crippen molar-refractivity contribution in [1.29, 1.82) is 0 Å². The van der Waals surface area contributed by atoms with Crippen LogP contribution >= 0.6 is 0 Å². The molecule has 1 unspecified atom stereocenters. The van der Waals surface area contributed by atoms with Gasteiger partial charge in [-0.2, -0.15) is 5.10 Å². The number of likely N-dealkylation sites (tertiary alicyclic amines) is 1. The molecule has 0 radical (unpaired) electrons. The quantitative estimate of drug-likeness (QED) is 0.322. The molecule has 0 saturated carbocycles. The van der Waals surface area contributed by atoms with E-state index in [1.54, 1.807) is 0 Å². The van der Waals surface area contributed by atoms with Crippen molar-refractivity contribution in [3.63, 3.8) is 0 Å². The molecule has 0 spiro atoms. The van der Waals surface area contributed by atoms with Crippen LogP contribution in [0, 0.1) is 5.92 Å². The maximum atomic E-state index is 6.13. The van der Waals surface area contributed by atoms with Crippen LogP contribution in [0.5, 0.6) is 5.75 Å². The molecule has 2 fully saturated rings. The molecule has 1 atom stereocenters. The Kier molecular flexibility index (Phi) is 6.79. The van der Waals surface area contributed by atoms with E-state index in [0.717, 1.165) is 49.7 Å². The molecule has 2 aromatic carbocycles. The Morgan fingerprint density at radius 3 is 2.28 bits per heavy atom. The van der Waals surface area contributed by atoms with E-state index in [9.17, 15) is 0 Å². The van der Waals surface area contributed by atoms with Crippen molar-refractivity contribution in [2.24, 2.45) is 5.92 Å². The molecule has 6 heteroatoms. The third-order valence-corrected chi connectivity index (χ3v) is 7.16. The van der Waals surface area contributed by atoms with Crippen molar-refractivity contribution in [2.45, 2.75) is 31.5 Å². The first-order valence-corrected chi connectivity index (χ1v) is 12.9. The van der Waals surface area contributed by atoms with Gasteiger partial charge in [0.15, 0.2) is 6.23 Å². The van der Waals surface area contributed by atoms with Crippen molar-refractivity contribution < 1.29 is 9.47 Å². The molecule has 0 aliphatic carbocycles. The average molecular weight is 481 g/mol. The summed E-state index contributed by atoms with van der Waals surface area (Å²) in [7, 11) is 0. The molecule has 6 nitrogen and oxygen atoms in total. The molecular weight excluding hydrogens is 448 g/mol. The zero-order valence-electron chi connectivity index (χ0n) is 20.4. The maximum Gasteiger partial charge on any atom is 0.150 e. The zero-order chi connectivity index (χ0) is 24.2. The van der Waals surface area contributed by atoms with Crippen LogP contribution < -0.4 is 4.74 Å². The van der Waals surface area contributed by atoms with Gasteiger partial charge in [0.2, 0.25) is 0 Å². The minimum Gasteiger partial charge on any atom is -0.492 e. The van der Waals surface area contributed by atoms with Crippen LogP contribution in [0.15, 0.2) is 91.3 Å². The smallest absolute Gasteiger partial charge is 0.150 e. The van der Waals surface area contributed by atoms with Crippen molar-refractivity contribution in [3.8, 4) is 17.1 Å². The summed E-state index contributed by atoms with van der Waals surface area (Å²) < 4.78 is 14.0. The largest absolute Gasteiger partial charge is 0.492 e. The van der Waals surface area contributed by atoms with Crippen molar-refractivity contribution in [2.75, 3.05) is 26.3 Å². The van der Waals surface area contributed by atoms with Crippen LogP contribution in [0.4, 0.5) is 0 Å². The second-order valence-corrected chi connectivity index (χ2v) is 9.72. The molecule has 2 saturated heterocycles. The molecule has 0 bridgehead atoms. The number of hydrogen-bond donors (Lipinski definition) is 0. The molecule has 2 aromatic heterocycles. The number of aromatic nitrogens is 3. The Morgan fingerprint density at radius 2 is 1.64 bits per heavy atom. The second kappa shape index (κ2) is 10.6. The molecule has 0 N–H and O–H groups in total. The number of benzene rings is 2. The predicted molar refractivity (Wildman–Crippen MR) is 140 cm³/mol. The van der Waals surface area contributed by atoms with Gasteiger partial charge in [0.1, 0.15) is 5.75 Å². The molecule has 4 aromatic rings. The van der Waals surface area contributed by atoms with E-state index >= 15 is 0 Å². The number of rotatable bonds is 8. The lowest BCUT2D eigenvalue weighted by atomic mass is 9.90. The summed E-state index contributed by atoms with van der Waals surface area (Å²) in [6.45, 7) is 3.52. The van der Waals surface area contributed by atoms with Gasteiger partial charge >= 0.3 is 0 Å². The molecule has 6 rings (SSSR count). The normalized spacial score (nSPS) is 18.8. The van der Waals surface area contributed by atoms with E-state index in [1.165, 1.54) is 17.5 Å². The third kappa shape index (κ3) is 4.92. The van der Waals surface area contributed by atoms with Crippen LogP contribution in [0.3, 0.4) is 0 Å². The average Bonchev–Trinajstić information content (AvgIpc) is 3.42. The minimum absolute atomic E-state index is 0.00126. The van der Waals surface area contributed by atoms with Crippen LogP contribution in [0.25, 0.3) is 11.4 Å². The molecular formula is C30H32N4O2. The Morgan fingerprint density at radius 1 is 0.889 bits per heavy atom. The van der Waals surface area contributed by atoms with Crippen LogP contribution in [-0.4, -0.2) is 46.0 Å². The van der Waals surface area contributed by atoms with Crippen LogP contribution in [0.2, 0.25) is 0 Å². The van der Waals surface area contributed by atoms with Gasteiger partial charge in [0.25, 0.3) is 0 Å². The molecule has 0 amide bonds. The van der Waals surface area contributed by atoms with E-state index in [4.69, 9.17) is 9.47 Å². The standard InChI is InChI=1S/C30H32N4O2/c1-3-9-24(10-4-1)30(25-11-5-2-6-12-25)33-20-23(21-33)22-36-26-14-15-27(31-19-26)28-16-17-32-34(28)29-13-7-8-18-35-29/h1-6,9-12,14-17,19,23,29-30H,7-8,13,18,20-22H2. The lowest BCUT2D eigenvalue weighted by Gasteiger charge is -2.44. The second-order valence-electron chi connectivity index (χ2n) is 9.72. The summed E-state index contributed by atoms with van der Waals surface area (Å²) in [5, 5.41) is 4.50. The van der Waals surface area contributed by atoms with E-state index in [0.29, 0.717) is 12.5 Å². The van der Waals surface area contributed by atoms with E-state index in [1.807, 2.05) is 35.3 Å². The van der Waals surface area contributed by atoms with Gasteiger partial charge in [-0.25, -0.2) is 4.68 Å². The molecule has 184 valence electrons. The van der Waals surface area contributed by atoms with Gasteiger partial charge in [-0.3, -0.25) is 9.88 Å². The highest BCUT2D eigenvalue weighted by Crippen LogP contribution is 2.34. The Hall–Kier alpha value is -3.48. The molecule has 2 aliphatic heterocycles. The minimum atomic E-state index is -0.00126. The van der Waals surface area contributed by atoms with Gasteiger partial charge < -0.3 is 9.47 Å². The summed E-state index contributed by atoms with van der Waals surface area (Å²) in [6.07, 6.45) is 6.92. The van der Waals surface area contributed by atoms with Crippen LogP contribution in [-0.2, 0) is 4.74 Å². The van der Waals surface area contributed by atoms with Gasteiger partial charge in [-0.15, -0.1) is 0 Å². The molecule has 4 heterocycles. The molecule has 2 aliphatic rings. The van der Waals surface area contributed by atoms with Gasteiger partial charge in [0, 0.05) is 31.8 Å². The van der Waals surface area contributed by atoms with E-state index < -0.39 is 0 Å². The summed E-state index contributed by atoms with van der Waals surface area (Å²) in [6, 6.07) is 27.8. The van der Waals surface area contributed by atoms with Crippen molar-refractivity contribution >= 4 is 0 Å². The third-order valence-electron chi connectivity index (χ3n) is 7.16. The van der Waals surface area contributed by atoms with Gasteiger partial charge in [0.05, 0.1) is 30.2 Å². The fraction of sp³-hybridized carbons (Fsp3) is 0.333. The first-order valence-electron chi connectivity index (χ1n) is 12.9. The summed E-state index contributed by atoms with van der Waals surface area (Å²) in [5.41, 5.74) is 4.54. The SMILES string of the molecule is c1ccc(C(c2ccccc2)N2CC(COc3ccc(-c4ccnn4C4CCCCO4)nc3)C2)cc1. The lowest BCUT2D eigenvalue weighted by Crippen LogP contribution is -2.50. The first-order chi connectivity index (χ1) is 17.8. The summed E-state index contributed by atoms with van der Waals surface area (Å²) >= 11 is 0. The fourth-order valence-corrected chi connectivity index (χ4v) is 5.31. The van der Waals surface area contributed by atoms with Gasteiger partial charge in [-0.1, -0.05) is 60.7 Å². The molecule has 36 heavy (non-hydrogen) atoms. The summed E-state index contributed by atoms with van der Waals surface area (Å²) in [4.78, 5) is 7.21. The zero-order valence-corrected chi connectivity index (χ0v) is 20.4. The number of ether oxygens (including phenoxy) is 2. The van der Waals surface area contributed by atoms with E-state index in [-0.39, 0.29) is 12.3 Å². The Balaban J connectivity index is 1.06. The van der Waals surface area contributed by atoms with Crippen LogP contribution in [0.1, 0.15) is 42.7 Å². The van der Waals surface area contributed by atoms with Crippen molar-refractivity contribution in [3.05, 3.63) is 102 Å². The lowest BCUT2D eigenvalue weighted by molar-refractivity contribution is -0.0384. The highest BCUT2D eigenvalue weighted by atomic mass is 16.5. The summed E-state index contributed by atoms with van der Waals surface area (Å²) in [5.74, 6) is 1.31. The highest BCUT2D eigenvalue weighted by molar-refractivity contribution is 5.54. The number of pyridine rings is 1. The Bertz CT molecular complexity index is 1190. The van der Waals surface area contributed by atoms with E-state index in [2.05, 4.69) is 75.6 Å². The number of hydrogen-bond acceptors (Lipinski definition) is 5.